The molecule has 1 saturated heterocycles. The zero-order valence-corrected chi connectivity index (χ0v) is 12.8. The van der Waals surface area contributed by atoms with E-state index in [0.29, 0.717) is 0 Å². The van der Waals surface area contributed by atoms with Crippen molar-refractivity contribution in [2.24, 2.45) is 0 Å². The van der Waals surface area contributed by atoms with Crippen molar-refractivity contribution < 1.29 is 4.74 Å². The van der Waals surface area contributed by atoms with Crippen LogP contribution in [0.15, 0.2) is 54.6 Å². The molecule has 0 N–H and O–H groups in total. The number of aromatic nitrogens is 2. The van der Waals surface area contributed by atoms with Gasteiger partial charge >= 0.3 is 0 Å². The van der Waals surface area contributed by atoms with E-state index in [1.807, 2.05) is 6.07 Å². The number of imidazole rings is 1. The van der Waals surface area contributed by atoms with Gasteiger partial charge in [-0.15, -0.1) is 0 Å². The molecular weight excluding hydrogens is 272 g/mol. The lowest BCUT2D eigenvalue weighted by molar-refractivity contribution is 0.102. The van der Waals surface area contributed by atoms with Gasteiger partial charge in [0.15, 0.2) is 0 Å². The first-order valence-electron chi connectivity index (χ1n) is 7.98. The summed E-state index contributed by atoms with van der Waals surface area (Å²) in [4.78, 5) is 4.88. The SMILES string of the molecule is C[C@H](c1ccccc1)n1c([C@@H]2CCCO2)nc2ccccc21. The molecule has 22 heavy (non-hydrogen) atoms. The van der Waals surface area contributed by atoms with Crippen LogP contribution in [0.5, 0.6) is 0 Å². The van der Waals surface area contributed by atoms with Crippen LogP contribution in [0.1, 0.15) is 43.3 Å². The second-order valence-electron chi connectivity index (χ2n) is 5.92. The predicted octanol–water partition coefficient (Wildman–Crippen LogP) is 4.50. The second-order valence-corrected chi connectivity index (χ2v) is 5.92. The van der Waals surface area contributed by atoms with Gasteiger partial charge < -0.3 is 9.30 Å². The van der Waals surface area contributed by atoms with E-state index in [9.17, 15) is 0 Å². The highest BCUT2D eigenvalue weighted by atomic mass is 16.5. The molecule has 112 valence electrons. The average molecular weight is 292 g/mol. The van der Waals surface area contributed by atoms with Gasteiger partial charge in [0.25, 0.3) is 0 Å². The van der Waals surface area contributed by atoms with Crippen molar-refractivity contribution >= 4 is 11.0 Å². The molecule has 1 fully saturated rings. The highest BCUT2D eigenvalue weighted by Crippen LogP contribution is 2.34. The molecule has 3 nitrogen and oxygen atoms in total. The quantitative estimate of drug-likeness (QED) is 0.711. The van der Waals surface area contributed by atoms with Gasteiger partial charge in [-0.3, -0.25) is 0 Å². The van der Waals surface area contributed by atoms with Crippen LogP contribution >= 0.6 is 0 Å². The third-order valence-corrected chi connectivity index (χ3v) is 4.51. The molecule has 0 unspecified atom stereocenters. The second kappa shape index (κ2) is 5.58. The summed E-state index contributed by atoms with van der Waals surface area (Å²) in [5.41, 5.74) is 3.53. The molecule has 0 radical (unpaired) electrons. The number of nitrogens with zero attached hydrogens (tertiary/aromatic N) is 2. The molecule has 2 aromatic carbocycles. The summed E-state index contributed by atoms with van der Waals surface area (Å²) in [5.74, 6) is 1.06. The van der Waals surface area contributed by atoms with Crippen LogP contribution in [-0.4, -0.2) is 16.2 Å². The molecular formula is C19H20N2O. The van der Waals surface area contributed by atoms with Crippen molar-refractivity contribution in [3.63, 3.8) is 0 Å². The molecule has 0 bridgehead atoms. The number of fused-ring (bicyclic) bond motifs is 1. The highest BCUT2D eigenvalue weighted by Gasteiger charge is 2.26. The summed E-state index contributed by atoms with van der Waals surface area (Å²) in [6.45, 7) is 3.08. The monoisotopic (exact) mass is 292 g/mol. The van der Waals surface area contributed by atoms with Crippen LogP contribution < -0.4 is 0 Å². The standard InChI is InChI=1S/C19H20N2O/c1-14(15-8-3-2-4-9-15)21-17-11-6-5-10-16(17)20-19(21)18-12-7-13-22-18/h2-6,8-11,14,18H,7,12-13H2,1H3/t14-,18+/m1/s1. The van der Waals surface area contributed by atoms with Crippen molar-refractivity contribution in [3.8, 4) is 0 Å². The summed E-state index contributed by atoms with van der Waals surface area (Å²) in [6.07, 6.45) is 2.30. The Bertz CT molecular complexity index is 772. The Morgan fingerprint density at radius 1 is 1.09 bits per heavy atom. The molecule has 0 saturated carbocycles. The fourth-order valence-electron chi connectivity index (χ4n) is 3.36. The van der Waals surface area contributed by atoms with Gasteiger partial charge in [0, 0.05) is 6.61 Å². The van der Waals surface area contributed by atoms with E-state index in [-0.39, 0.29) is 12.1 Å². The van der Waals surface area contributed by atoms with Crippen LogP contribution in [-0.2, 0) is 4.74 Å². The summed E-state index contributed by atoms with van der Waals surface area (Å²) >= 11 is 0. The lowest BCUT2D eigenvalue weighted by Crippen LogP contribution is -2.13. The fraction of sp³-hybridized carbons (Fsp3) is 0.316. The number of ether oxygens (including phenoxy) is 1. The summed E-state index contributed by atoms with van der Waals surface area (Å²) in [7, 11) is 0. The Kier molecular flexibility index (Phi) is 3.43. The zero-order chi connectivity index (χ0) is 14.9. The minimum Gasteiger partial charge on any atom is -0.370 e. The van der Waals surface area contributed by atoms with E-state index >= 15 is 0 Å². The minimum atomic E-state index is 0.124. The largest absolute Gasteiger partial charge is 0.370 e. The van der Waals surface area contributed by atoms with E-state index in [1.165, 1.54) is 11.1 Å². The van der Waals surface area contributed by atoms with Gasteiger partial charge in [-0.2, -0.15) is 0 Å². The Balaban J connectivity index is 1.88. The normalized spacial score (nSPS) is 19.6. The Morgan fingerprint density at radius 2 is 1.86 bits per heavy atom. The van der Waals surface area contributed by atoms with Crippen LogP contribution in [0.25, 0.3) is 11.0 Å². The summed E-state index contributed by atoms with van der Waals surface area (Å²) in [6, 6.07) is 19.2. The van der Waals surface area contributed by atoms with Crippen LogP contribution in [0.4, 0.5) is 0 Å². The predicted molar refractivity (Wildman–Crippen MR) is 87.9 cm³/mol. The Morgan fingerprint density at radius 3 is 2.64 bits per heavy atom. The molecule has 2 atom stereocenters. The van der Waals surface area contributed by atoms with Crippen LogP contribution in [0, 0.1) is 0 Å². The molecule has 1 aliphatic rings. The number of para-hydroxylation sites is 2. The third-order valence-electron chi connectivity index (χ3n) is 4.51. The van der Waals surface area contributed by atoms with E-state index in [0.717, 1.165) is 30.8 Å². The van der Waals surface area contributed by atoms with E-state index < -0.39 is 0 Å². The minimum absolute atomic E-state index is 0.124. The van der Waals surface area contributed by atoms with Gasteiger partial charge in [-0.05, 0) is 37.5 Å². The van der Waals surface area contributed by atoms with Crippen LogP contribution in [0.2, 0.25) is 0 Å². The van der Waals surface area contributed by atoms with Gasteiger partial charge in [-0.25, -0.2) is 4.98 Å². The molecule has 1 aliphatic heterocycles. The van der Waals surface area contributed by atoms with E-state index in [2.05, 4.69) is 60.0 Å². The molecule has 0 aliphatic carbocycles. The molecule has 0 amide bonds. The lowest BCUT2D eigenvalue weighted by Gasteiger charge is -2.20. The molecule has 3 heteroatoms. The van der Waals surface area contributed by atoms with Crippen molar-refractivity contribution in [2.45, 2.75) is 31.9 Å². The smallest absolute Gasteiger partial charge is 0.139 e. The van der Waals surface area contributed by atoms with Gasteiger partial charge in [0.1, 0.15) is 11.9 Å². The molecule has 3 aromatic rings. The Labute approximate surface area is 130 Å². The lowest BCUT2D eigenvalue weighted by atomic mass is 10.1. The average Bonchev–Trinajstić information content (AvgIpc) is 3.22. The number of hydrogen-bond acceptors (Lipinski definition) is 2. The first-order chi connectivity index (χ1) is 10.8. The molecule has 1 aromatic heterocycles. The van der Waals surface area contributed by atoms with Crippen LogP contribution in [0.3, 0.4) is 0 Å². The first-order valence-corrected chi connectivity index (χ1v) is 7.98. The summed E-state index contributed by atoms with van der Waals surface area (Å²) in [5, 5.41) is 0. The third kappa shape index (κ3) is 2.22. The maximum Gasteiger partial charge on any atom is 0.139 e. The number of hydrogen-bond donors (Lipinski definition) is 0. The highest BCUT2D eigenvalue weighted by molar-refractivity contribution is 5.76. The maximum atomic E-state index is 5.91. The Hall–Kier alpha value is -2.13. The number of rotatable bonds is 3. The van der Waals surface area contributed by atoms with Crippen molar-refractivity contribution in [1.82, 2.24) is 9.55 Å². The maximum absolute atomic E-state index is 5.91. The molecule has 2 heterocycles. The number of benzene rings is 2. The van der Waals surface area contributed by atoms with E-state index in [1.54, 1.807) is 0 Å². The first kappa shape index (κ1) is 13.5. The van der Waals surface area contributed by atoms with Crippen molar-refractivity contribution in [3.05, 3.63) is 66.0 Å². The zero-order valence-electron chi connectivity index (χ0n) is 12.8. The molecule has 0 spiro atoms. The van der Waals surface area contributed by atoms with E-state index in [4.69, 9.17) is 9.72 Å². The van der Waals surface area contributed by atoms with Gasteiger partial charge in [-0.1, -0.05) is 42.5 Å². The fourth-order valence-corrected chi connectivity index (χ4v) is 3.36. The van der Waals surface area contributed by atoms with Crippen molar-refractivity contribution in [2.75, 3.05) is 6.61 Å². The topological polar surface area (TPSA) is 27.1 Å². The van der Waals surface area contributed by atoms with Gasteiger partial charge in [0.2, 0.25) is 0 Å². The van der Waals surface area contributed by atoms with Crippen molar-refractivity contribution in [1.29, 1.82) is 0 Å². The molecule has 4 rings (SSSR count). The summed E-state index contributed by atoms with van der Waals surface area (Å²) < 4.78 is 8.26. The van der Waals surface area contributed by atoms with Gasteiger partial charge in [0.05, 0.1) is 17.1 Å².